The lowest BCUT2D eigenvalue weighted by Gasteiger charge is -2.12. The highest BCUT2D eigenvalue weighted by Gasteiger charge is 2.20. The minimum atomic E-state index is -4.12. The van der Waals surface area contributed by atoms with Crippen LogP contribution >= 0.6 is 0 Å². The summed E-state index contributed by atoms with van der Waals surface area (Å²) in [6, 6.07) is 18.0. The SMILES string of the molecule is O=C(COC(=O)c1ccccc1NS(=O)(=O)c1ccc(F)cc1)NC(=O)NCc1ccccc1. The zero-order chi connectivity index (χ0) is 24.6. The van der Waals surface area contributed by atoms with E-state index >= 15 is 0 Å². The Bertz CT molecular complexity index is 1280. The van der Waals surface area contributed by atoms with Gasteiger partial charge in [-0.2, -0.15) is 0 Å². The minimum Gasteiger partial charge on any atom is -0.452 e. The molecule has 0 fully saturated rings. The summed E-state index contributed by atoms with van der Waals surface area (Å²) < 4.78 is 45.3. The van der Waals surface area contributed by atoms with Crippen molar-refractivity contribution in [2.75, 3.05) is 11.3 Å². The Labute approximate surface area is 195 Å². The van der Waals surface area contributed by atoms with E-state index in [0.29, 0.717) is 0 Å². The monoisotopic (exact) mass is 485 g/mol. The van der Waals surface area contributed by atoms with E-state index in [2.05, 4.69) is 10.0 Å². The van der Waals surface area contributed by atoms with Crippen LogP contribution in [0.25, 0.3) is 0 Å². The minimum absolute atomic E-state index is 0.0992. The smallest absolute Gasteiger partial charge is 0.340 e. The third kappa shape index (κ3) is 6.87. The van der Waals surface area contributed by atoms with Crippen molar-refractivity contribution in [3.8, 4) is 0 Å². The number of halogens is 1. The van der Waals surface area contributed by atoms with Crippen LogP contribution in [0.2, 0.25) is 0 Å². The molecule has 0 saturated carbocycles. The van der Waals surface area contributed by atoms with E-state index in [1.807, 2.05) is 11.4 Å². The van der Waals surface area contributed by atoms with E-state index < -0.39 is 40.4 Å². The van der Waals surface area contributed by atoms with Crippen LogP contribution in [0.4, 0.5) is 14.9 Å². The molecule has 0 aliphatic rings. The molecule has 0 unspecified atom stereocenters. The van der Waals surface area contributed by atoms with Crippen LogP contribution in [-0.2, 0) is 26.1 Å². The second-order valence-electron chi connectivity index (χ2n) is 6.90. The Morgan fingerprint density at radius 2 is 1.50 bits per heavy atom. The van der Waals surface area contributed by atoms with E-state index in [0.717, 1.165) is 29.8 Å². The topological polar surface area (TPSA) is 131 Å². The summed E-state index contributed by atoms with van der Waals surface area (Å²) in [4.78, 5) is 36.0. The maximum atomic E-state index is 13.1. The first-order valence-corrected chi connectivity index (χ1v) is 11.4. The van der Waals surface area contributed by atoms with Gasteiger partial charge in [-0.15, -0.1) is 0 Å². The first kappa shape index (κ1) is 24.4. The molecule has 0 atom stereocenters. The predicted octanol–water partition coefficient (Wildman–Crippen LogP) is 2.81. The number of hydrogen-bond acceptors (Lipinski definition) is 6. The second-order valence-corrected chi connectivity index (χ2v) is 8.58. The number of esters is 1. The zero-order valence-electron chi connectivity index (χ0n) is 17.7. The molecule has 0 aliphatic heterocycles. The average molecular weight is 485 g/mol. The quantitative estimate of drug-likeness (QED) is 0.421. The Morgan fingerprint density at radius 3 is 2.21 bits per heavy atom. The van der Waals surface area contributed by atoms with Crippen LogP contribution in [0.1, 0.15) is 15.9 Å². The lowest BCUT2D eigenvalue weighted by molar-refractivity contribution is -0.123. The molecule has 176 valence electrons. The normalized spacial score (nSPS) is 10.7. The lowest BCUT2D eigenvalue weighted by atomic mass is 10.2. The molecule has 0 radical (unpaired) electrons. The Kier molecular flexibility index (Phi) is 7.93. The molecule has 0 spiro atoms. The van der Waals surface area contributed by atoms with Gasteiger partial charge in [-0.1, -0.05) is 42.5 Å². The molecule has 0 aromatic heterocycles. The molecule has 3 aromatic carbocycles. The van der Waals surface area contributed by atoms with Crippen molar-refractivity contribution in [1.29, 1.82) is 0 Å². The Hall–Kier alpha value is -4.25. The lowest BCUT2D eigenvalue weighted by Crippen LogP contribution is -2.41. The molecule has 9 nitrogen and oxygen atoms in total. The third-order valence-corrected chi connectivity index (χ3v) is 5.78. The van der Waals surface area contributed by atoms with Crippen molar-refractivity contribution < 1.29 is 31.9 Å². The van der Waals surface area contributed by atoms with Crippen molar-refractivity contribution in [2.45, 2.75) is 11.4 Å². The number of imide groups is 1. The van der Waals surface area contributed by atoms with Gasteiger partial charge in [-0.3, -0.25) is 14.8 Å². The standard InChI is InChI=1S/C23H20FN3O6S/c24-17-10-12-18(13-11-17)34(31,32)27-20-9-5-4-8-19(20)22(29)33-15-21(28)26-23(30)25-14-16-6-2-1-3-7-16/h1-13,27H,14-15H2,(H2,25,26,28,30). The number of sulfonamides is 1. The molecule has 3 amide bonds. The summed E-state index contributed by atoms with van der Waals surface area (Å²) in [7, 11) is -4.12. The molecule has 0 heterocycles. The number of amides is 3. The van der Waals surface area contributed by atoms with Gasteiger partial charge in [0, 0.05) is 6.54 Å². The summed E-state index contributed by atoms with van der Waals surface area (Å²) in [6.45, 7) is -0.571. The predicted molar refractivity (Wildman–Crippen MR) is 121 cm³/mol. The number of nitrogens with one attached hydrogen (secondary N) is 3. The van der Waals surface area contributed by atoms with Crippen LogP contribution in [-0.4, -0.2) is 32.9 Å². The summed E-state index contributed by atoms with van der Waals surface area (Å²) in [5.74, 6) is -2.46. The number of para-hydroxylation sites is 1. The van der Waals surface area contributed by atoms with E-state index in [4.69, 9.17) is 4.74 Å². The number of hydrogen-bond donors (Lipinski definition) is 3. The van der Waals surface area contributed by atoms with Gasteiger partial charge < -0.3 is 10.1 Å². The van der Waals surface area contributed by atoms with Crippen LogP contribution in [0.15, 0.2) is 83.8 Å². The largest absolute Gasteiger partial charge is 0.452 e. The van der Waals surface area contributed by atoms with Gasteiger partial charge in [0.2, 0.25) is 0 Å². The van der Waals surface area contributed by atoms with Crippen molar-refractivity contribution in [1.82, 2.24) is 10.6 Å². The summed E-state index contributed by atoms with van der Waals surface area (Å²) >= 11 is 0. The fraction of sp³-hybridized carbons (Fsp3) is 0.0870. The highest BCUT2D eigenvalue weighted by atomic mass is 32.2. The molecular formula is C23H20FN3O6S. The molecule has 3 N–H and O–H groups in total. The maximum absolute atomic E-state index is 13.1. The van der Waals surface area contributed by atoms with Gasteiger partial charge in [-0.05, 0) is 42.0 Å². The second kappa shape index (κ2) is 11.1. The third-order valence-electron chi connectivity index (χ3n) is 4.40. The summed E-state index contributed by atoms with van der Waals surface area (Å²) in [5.41, 5.74) is 0.573. The number of rotatable bonds is 8. The maximum Gasteiger partial charge on any atom is 0.340 e. The molecule has 3 rings (SSSR count). The molecule has 11 heteroatoms. The van der Waals surface area contributed by atoms with Gasteiger partial charge in [-0.25, -0.2) is 22.4 Å². The summed E-state index contributed by atoms with van der Waals surface area (Å²) in [5, 5.41) is 4.52. The van der Waals surface area contributed by atoms with Crippen molar-refractivity contribution in [3.63, 3.8) is 0 Å². The number of ether oxygens (including phenoxy) is 1. The highest BCUT2D eigenvalue weighted by Crippen LogP contribution is 2.21. The van der Waals surface area contributed by atoms with Gasteiger partial charge >= 0.3 is 12.0 Å². The highest BCUT2D eigenvalue weighted by molar-refractivity contribution is 7.92. The number of benzene rings is 3. The van der Waals surface area contributed by atoms with Gasteiger partial charge in [0.15, 0.2) is 6.61 Å². The summed E-state index contributed by atoms with van der Waals surface area (Å²) in [6.07, 6.45) is 0. The van der Waals surface area contributed by atoms with Crippen molar-refractivity contribution in [3.05, 3.63) is 95.8 Å². The fourth-order valence-electron chi connectivity index (χ4n) is 2.76. The first-order chi connectivity index (χ1) is 16.2. The Morgan fingerprint density at radius 1 is 0.853 bits per heavy atom. The van der Waals surface area contributed by atoms with Gasteiger partial charge in [0.05, 0.1) is 16.1 Å². The number of carbonyl (C=O) groups excluding carboxylic acids is 3. The fourth-order valence-corrected chi connectivity index (χ4v) is 3.84. The van der Waals surface area contributed by atoms with Gasteiger partial charge in [0.1, 0.15) is 5.82 Å². The van der Waals surface area contributed by atoms with Crippen molar-refractivity contribution in [2.24, 2.45) is 0 Å². The Balaban J connectivity index is 1.56. The number of anilines is 1. The zero-order valence-corrected chi connectivity index (χ0v) is 18.5. The molecule has 0 aliphatic carbocycles. The van der Waals surface area contributed by atoms with E-state index in [9.17, 15) is 27.2 Å². The average Bonchev–Trinajstić information content (AvgIpc) is 2.82. The molecular weight excluding hydrogens is 465 g/mol. The van der Waals surface area contributed by atoms with Gasteiger partial charge in [0.25, 0.3) is 15.9 Å². The molecule has 0 saturated heterocycles. The van der Waals surface area contributed by atoms with Crippen LogP contribution in [0.3, 0.4) is 0 Å². The molecule has 0 bridgehead atoms. The van der Waals surface area contributed by atoms with Crippen LogP contribution in [0.5, 0.6) is 0 Å². The van der Waals surface area contributed by atoms with E-state index in [1.165, 1.54) is 24.3 Å². The number of carbonyl (C=O) groups is 3. The van der Waals surface area contributed by atoms with Crippen molar-refractivity contribution >= 4 is 33.6 Å². The van der Waals surface area contributed by atoms with Crippen LogP contribution in [0, 0.1) is 5.82 Å². The van der Waals surface area contributed by atoms with Crippen LogP contribution < -0.4 is 15.4 Å². The molecule has 3 aromatic rings. The number of urea groups is 1. The van der Waals surface area contributed by atoms with E-state index in [1.54, 1.807) is 24.3 Å². The molecule has 34 heavy (non-hydrogen) atoms. The first-order valence-electron chi connectivity index (χ1n) is 9.91. The van der Waals surface area contributed by atoms with E-state index in [-0.39, 0.29) is 22.7 Å².